The molecule has 0 aliphatic rings. The molecule has 0 amide bonds. The lowest BCUT2D eigenvalue weighted by atomic mass is 9.88. The summed E-state index contributed by atoms with van der Waals surface area (Å²) in [6.07, 6.45) is 0.835. The number of hydrogen-bond acceptors (Lipinski definition) is 8. The maximum absolute atomic E-state index is 13.9. The Bertz CT molecular complexity index is 2660. The molecule has 53 heavy (non-hydrogen) atoms. The summed E-state index contributed by atoms with van der Waals surface area (Å²) in [6, 6.07) is 37.6. The summed E-state index contributed by atoms with van der Waals surface area (Å²) in [6.45, 7) is -0.703. The third-order valence-corrected chi connectivity index (χ3v) is 12.6. The summed E-state index contributed by atoms with van der Waals surface area (Å²) in [5.74, 6) is -0.960. The molecule has 272 valence electrons. The minimum absolute atomic E-state index is 0.0919. The predicted molar refractivity (Wildman–Crippen MR) is 211 cm³/mol. The van der Waals surface area contributed by atoms with Gasteiger partial charge in [-0.25, -0.2) is 9.13 Å². The summed E-state index contributed by atoms with van der Waals surface area (Å²) in [5, 5.41) is 24.0. The van der Waals surface area contributed by atoms with Crippen molar-refractivity contribution in [2.45, 2.75) is 12.8 Å². The van der Waals surface area contributed by atoms with Crippen LogP contribution >= 0.6 is 15.6 Å². The molecular formula is C42H40O9P2. The molecular weight excluding hydrogens is 710 g/mol. The molecule has 2 N–H and O–H groups in total. The molecule has 0 radical (unpaired) electrons. The molecule has 0 spiro atoms. The Kier molecular flexibility index (Phi) is 9.98. The third kappa shape index (κ3) is 7.06. The Morgan fingerprint density at radius 3 is 1.42 bits per heavy atom. The van der Waals surface area contributed by atoms with Crippen molar-refractivity contribution in [1.82, 2.24) is 0 Å². The van der Waals surface area contributed by atoms with E-state index in [9.17, 15) is 19.1 Å². The van der Waals surface area contributed by atoms with E-state index in [0.29, 0.717) is 12.8 Å². The van der Waals surface area contributed by atoms with Crippen molar-refractivity contribution in [3.05, 3.63) is 120 Å². The predicted octanol–water partition coefficient (Wildman–Crippen LogP) is 10.0. The Hall–Kier alpha value is -3.98. The van der Waals surface area contributed by atoms with Gasteiger partial charge in [-0.2, -0.15) is 0 Å². The van der Waals surface area contributed by atoms with E-state index in [1.54, 1.807) is 0 Å². The first-order valence-electron chi connectivity index (χ1n) is 17.6. The monoisotopic (exact) mass is 750 g/mol. The minimum Gasteiger partial charge on any atom is -0.396 e. The molecule has 0 aliphatic heterocycles. The van der Waals surface area contributed by atoms with Crippen molar-refractivity contribution in [3.8, 4) is 0 Å². The van der Waals surface area contributed by atoms with Gasteiger partial charge in [0.15, 0.2) is 0 Å². The zero-order chi connectivity index (χ0) is 36.7. The van der Waals surface area contributed by atoms with E-state index in [2.05, 4.69) is 89.5 Å². The van der Waals surface area contributed by atoms with Crippen LogP contribution in [0, 0.1) is 11.8 Å². The molecule has 8 aromatic carbocycles. The summed E-state index contributed by atoms with van der Waals surface area (Å²) >= 11 is 0. The largest absolute Gasteiger partial charge is 0.474 e. The maximum Gasteiger partial charge on any atom is 0.474 e. The Morgan fingerprint density at radius 2 is 0.943 bits per heavy atom. The molecule has 9 nitrogen and oxygen atoms in total. The Morgan fingerprint density at radius 1 is 0.528 bits per heavy atom. The summed E-state index contributed by atoms with van der Waals surface area (Å²) in [7, 11) is -6.11. The van der Waals surface area contributed by atoms with Crippen LogP contribution in [0.1, 0.15) is 11.1 Å². The molecule has 0 aromatic heterocycles. The molecule has 4 atom stereocenters. The topological polar surface area (TPSA) is 121 Å². The molecule has 0 saturated carbocycles. The first kappa shape index (κ1) is 36.0. The zero-order valence-electron chi connectivity index (χ0n) is 29.4. The highest BCUT2D eigenvalue weighted by Gasteiger charge is 2.30. The van der Waals surface area contributed by atoms with E-state index in [1.807, 2.05) is 24.3 Å². The number of benzene rings is 8. The van der Waals surface area contributed by atoms with Crippen LogP contribution in [0.15, 0.2) is 109 Å². The van der Waals surface area contributed by atoms with Crippen LogP contribution in [0.2, 0.25) is 0 Å². The average molecular weight is 751 g/mol. The highest BCUT2D eigenvalue weighted by atomic mass is 31.2. The van der Waals surface area contributed by atoms with E-state index in [1.165, 1.54) is 28.7 Å². The van der Waals surface area contributed by atoms with E-state index in [-0.39, 0.29) is 26.4 Å². The van der Waals surface area contributed by atoms with Gasteiger partial charge in [0.05, 0.1) is 19.8 Å². The number of phosphoric ester groups is 2. The summed E-state index contributed by atoms with van der Waals surface area (Å²) in [4.78, 5) is 10.1. The van der Waals surface area contributed by atoms with Crippen molar-refractivity contribution in [2.24, 2.45) is 11.8 Å². The lowest BCUT2D eigenvalue weighted by Crippen LogP contribution is -2.20. The average Bonchev–Trinajstić information content (AvgIpc) is 3.19. The second kappa shape index (κ2) is 14.7. The summed E-state index contributed by atoms with van der Waals surface area (Å²) in [5.41, 5.74) is 2.03. The fourth-order valence-electron chi connectivity index (χ4n) is 7.76. The quantitative estimate of drug-likeness (QED) is 0.0734. The van der Waals surface area contributed by atoms with E-state index < -0.39 is 27.5 Å². The normalized spacial score (nSPS) is 15.9. The van der Waals surface area contributed by atoms with Gasteiger partial charge in [0.25, 0.3) is 0 Å². The van der Waals surface area contributed by atoms with E-state index in [4.69, 9.17) is 18.1 Å². The van der Waals surface area contributed by atoms with Crippen molar-refractivity contribution in [1.29, 1.82) is 0 Å². The van der Waals surface area contributed by atoms with Crippen LogP contribution in [-0.4, -0.2) is 50.6 Å². The molecule has 11 heteroatoms. The van der Waals surface area contributed by atoms with Crippen LogP contribution in [0.5, 0.6) is 0 Å². The lowest BCUT2D eigenvalue weighted by molar-refractivity contribution is 0.0753. The lowest BCUT2D eigenvalue weighted by Gasteiger charge is -2.24. The Labute approximate surface area is 306 Å². The molecule has 0 fully saturated rings. The highest BCUT2D eigenvalue weighted by Crippen LogP contribution is 2.50. The molecule has 0 saturated heterocycles. The fraction of sp³-hybridized carbons (Fsp3) is 0.238. The number of rotatable bonds is 16. The van der Waals surface area contributed by atoms with Gasteiger partial charge in [0, 0.05) is 32.7 Å². The number of phosphoric acid groups is 2. The van der Waals surface area contributed by atoms with Crippen LogP contribution in [0.25, 0.3) is 64.6 Å². The molecule has 8 aromatic rings. The minimum atomic E-state index is -4.32. The first-order valence-corrected chi connectivity index (χ1v) is 20.5. The standard InChI is InChI=1S/C42H40O9P2/c1-47-52(44,45)49-25-28(20-36-22-34-12-4-8-30-16-18-32-10-6-14-38(36)42(32)40(30)34)26-51-53(46,48-2)50-24-27(23-43)19-35-21-33-11-3-7-29-15-17-31-9-5-13-37(35)41(31)39(29)33/h3-18,21-22,27-28,43H,19-20,23-26H2,1-2H3,(H,44,45). The van der Waals surface area contributed by atoms with Gasteiger partial charge in [0.2, 0.25) is 0 Å². The van der Waals surface area contributed by atoms with E-state index in [0.717, 1.165) is 61.3 Å². The van der Waals surface area contributed by atoms with Gasteiger partial charge in [0.1, 0.15) is 0 Å². The van der Waals surface area contributed by atoms with Gasteiger partial charge in [-0.1, -0.05) is 109 Å². The zero-order valence-corrected chi connectivity index (χ0v) is 31.2. The van der Waals surface area contributed by atoms with E-state index >= 15 is 0 Å². The maximum atomic E-state index is 13.9. The molecule has 4 unspecified atom stereocenters. The molecule has 8 rings (SSSR count). The van der Waals surface area contributed by atoms with Crippen molar-refractivity contribution < 1.29 is 41.7 Å². The van der Waals surface area contributed by atoms with Gasteiger partial charge >= 0.3 is 15.6 Å². The fourth-order valence-corrected chi connectivity index (χ4v) is 9.34. The van der Waals surface area contributed by atoms with Gasteiger partial charge < -0.3 is 10.00 Å². The summed E-state index contributed by atoms with van der Waals surface area (Å²) < 4.78 is 53.3. The first-order chi connectivity index (χ1) is 25.7. The molecule has 0 heterocycles. The highest BCUT2D eigenvalue weighted by molar-refractivity contribution is 7.48. The van der Waals surface area contributed by atoms with Gasteiger partial charge in [-0.15, -0.1) is 0 Å². The molecule has 0 bridgehead atoms. The third-order valence-electron chi connectivity index (χ3n) is 10.3. The Balaban J connectivity index is 1.02. The SMILES string of the molecule is COP(=O)(O)OCC(COP(=O)(OC)OCC(CO)Cc1cc2cccc3ccc4cccc1c4c32)Cc1cc2cccc3ccc4cccc1c4c32. The van der Waals surface area contributed by atoms with Gasteiger partial charge in [-0.05, 0) is 88.6 Å². The van der Waals surface area contributed by atoms with Crippen LogP contribution < -0.4 is 0 Å². The van der Waals surface area contributed by atoms with Crippen molar-refractivity contribution >= 4 is 80.3 Å². The second-order valence-electron chi connectivity index (χ2n) is 13.7. The second-order valence-corrected chi connectivity index (χ2v) is 17.0. The smallest absolute Gasteiger partial charge is 0.396 e. The van der Waals surface area contributed by atoms with Crippen molar-refractivity contribution in [3.63, 3.8) is 0 Å². The number of aliphatic hydroxyl groups excluding tert-OH is 1. The van der Waals surface area contributed by atoms with Crippen LogP contribution in [0.4, 0.5) is 0 Å². The number of aliphatic hydroxyl groups is 1. The molecule has 0 aliphatic carbocycles. The number of hydrogen-bond donors (Lipinski definition) is 2. The van der Waals surface area contributed by atoms with Gasteiger partial charge in [-0.3, -0.25) is 22.6 Å². The van der Waals surface area contributed by atoms with Crippen LogP contribution in [0.3, 0.4) is 0 Å². The van der Waals surface area contributed by atoms with Crippen molar-refractivity contribution in [2.75, 3.05) is 40.6 Å². The van der Waals surface area contributed by atoms with Crippen LogP contribution in [-0.2, 0) is 44.6 Å².